The number of aromatic nitrogens is 4. The van der Waals surface area contributed by atoms with Gasteiger partial charge in [-0.25, -0.2) is 0 Å². The molecular weight excluding hydrogens is 452 g/mol. The van der Waals surface area contributed by atoms with Crippen LogP contribution in [0.25, 0.3) is 34.7 Å². The molecule has 0 aromatic carbocycles. The molecule has 0 saturated heterocycles. The number of allylic oxidation sites excluding steroid dienone is 5. The lowest BCUT2D eigenvalue weighted by Crippen LogP contribution is -2.14. The normalized spacial score (nSPS) is 23.1. The molecule has 3 aromatic heterocycles. The average Bonchev–Trinajstić information content (AvgIpc) is 3.34. The topological polar surface area (TPSA) is 54.5 Å². The quantitative estimate of drug-likeness (QED) is 0.390. The molecule has 1 fully saturated rings. The molecule has 0 unspecified atom stereocenters. The Hall–Kier alpha value is -3.53. The van der Waals surface area contributed by atoms with E-state index in [1.807, 2.05) is 37.5 Å². The summed E-state index contributed by atoms with van der Waals surface area (Å²) in [5.41, 5.74) is 9.31. The summed E-state index contributed by atoms with van der Waals surface area (Å²) >= 11 is 0. The summed E-state index contributed by atoms with van der Waals surface area (Å²) in [7, 11) is 0. The molecule has 2 aliphatic rings. The SMILES string of the molecule is C=C(c1cnc2c(c1)/C=C/C=C(c1c[nH]nc1-c1cccc(C)n1)/C=C\2)C1CCCC(C(C)C)CCC1. The lowest BCUT2D eigenvalue weighted by molar-refractivity contribution is 0.283. The molecule has 37 heavy (non-hydrogen) atoms. The number of pyridine rings is 2. The highest BCUT2D eigenvalue weighted by molar-refractivity contribution is 5.88. The van der Waals surface area contributed by atoms with Crippen LogP contribution >= 0.6 is 0 Å². The summed E-state index contributed by atoms with van der Waals surface area (Å²) in [4.78, 5) is 9.52. The second-order valence-electron chi connectivity index (χ2n) is 10.9. The number of nitrogens with one attached hydrogen (secondary N) is 1. The van der Waals surface area contributed by atoms with E-state index in [0.29, 0.717) is 5.92 Å². The predicted molar refractivity (Wildman–Crippen MR) is 155 cm³/mol. The van der Waals surface area contributed by atoms with Gasteiger partial charge < -0.3 is 0 Å². The van der Waals surface area contributed by atoms with Crippen LogP contribution in [0.5, 0.6) is 0 Å². The first-order chi connectivity index (χ1) is 18.0. The van der Waals surface area contributed by atoms with Gasteiger partial charge in [0.25, 0.3) is 0 Å². The molecule has 0 atom stereocenters. The molecule has 190 valence electrons. The van der Waals surface area contributed by atoms with E-state index in [4.69, 9.17) is 4.98 Å². The molecule has 4 nitrogen and oxygen atoms in total. The van der Waals surface area contributed by atoms with Crippen molar-refractivity contribution in [3.8, 4) is 11.4 Å². The van der Waals surface area contributed by atoms with Gasteiger partial charge in [-0.2, -0.15) is 5.10 Å². The summed E-state index contributed by atoms with van der Waals surface area (Å²) in [5.74, 6) is 2.24. The van der Waals surface area contributed by atoms with Crippen molar-refractivity contribution >= 4 is 23.3 Å². The third-order valence-corrected chi connectivity index (χ3v) is 8.07. The zero-order valence-corrected chi connectivity index (χ0v) is 22.4. The molecule has 2 aliphatic carbocycles. The Kier molecular flexibility index (Phi) is 7.64. The van der Waals surface area contributed by atoms with Gasteiger partial charge in [-0.1, -0.05) is 76.5 Å². The largest absolute Gasteiger partial charge is 0.284 e. The van der Waals surface area contributed by atoms with Gasteiger partial charge in [0.1, 0.15) is 5.69 Å². The summed E-state index contributed by atoms with van der Waals surface area (Å²) in [6, 6.07) is 8.28. The number of aryl methyl sites for hydroxylation is 1. The maximum absolute atomic E-state index is 4.86. The molecule has 1 N–H and O–H groups in total. The van der Waals surface area contributed by atoms with Gasteiger partial charge in [0.2, 0.25) is 0 Å². The lowest BCUT2D eigenvalue weighted by Gasteiger charge is -2.28. The molecule has 0 amide bonds. The Morgan fingerprint density at radius 1 is 1.05 bits per heavy atom. The minimum Gasteiger partial charge on any atom is -0.284 e. The number of aromatic amines is 1. The molecule has 3 aromatic rings. The monoisotopic (exact) mass is 490 g/mol. The van der Waals surface area contributed by atoms with Crippen molar-refractivity contribution < 1.29 is 0 Å². The molecule has 5 rings (SSSR count). The molecule has 3 heterocycles. The zero-order valence-electron chi connectivity index (χ0n) is 22.4. The number of rotatable bonds is 5. The molecule has 0 spiro atoms. The van der Waals surface area contributed by atoms with Crippen molar-refractivity contribution in [1.29, 1.82) is 0 Å². The number of fused-ring (bicyclic) bond motifs is 1. The molecular formula is C33H38N4. The van der Waals surface area contributed by atoms with E-state index in [1.165, 1.54) is 49.7 Å². The highest BCUT2D eigenvalue weighted by Gasteiger charge is 2.22. The minimum absolute atomic E-state index is 0.558. The second-order valence-corrected chi connectivity index (χ2v) is 10.9. The van der Waals surface area contributed by atoms with Crippen molar-refractivity contribution in [3.63, 3.8) is 0 Å². The first-order valence-electron chi connectivity index (χ1n) is 13.7. The van der Waals surface area contributed by atoms with E-state index in [-0.39, 0.29) is 0 Å². The van der Waals surface area contributed by atoms with Crippen LogP contribution in [0, 0.1) is 24.7 Å². The molecule has 1 saturated carbocycles. The highest BCUT2D eigenvalue weighted by Crippen LogP contribution is 2.37. The van der Waals surface area contributed by atoms with Crippen LogP contribution in [-0.4, -0.2) is 20.2 Å². The summed E-state index contributed by atoms with van der Waals surface area (Å²) in [5, 5.41) is 7.51. The van der Waals surface area contributed by atoms with Gasteiger partial charge >= 0.3 is 0 Å². The summed E-state index contributed by atoms with van der Waals surface area (Å²) in [6.45, 7) is 11.3. The van der Waals surface area contributed by atoms with Crippen molar-refractivity contribution in [2.45, 2.75) is 59.3 Å². The average molecular weight is 491 g/mol. The molecule has 4 heteroatoms. The van der Waals surface area contributed by atoms with Gasteiger partial charge in [-0.3, -0.25) is 15.1 Å². The standard InChI is InChI=1S/C33H38N4/c1-22(2)25-10-6-12-26(13-7-11-25)24(4)29-19-28-15-8-14-27(17-18-31(28)34-20-29)30-21-35-37-33(30)32-16-5-9-23(3)36-32/h5,8-9,14-22,25-26H,4,6-7,10-13H2,1-3H3,(H,35,37)/b14-8?,15-8+,18-17-,27-14-,27-17?,28-15?,31-18?. The van der Waals surface area contributed by atoms with E-state index >= 15 is 0 Å². The second kappa shape index (κ2) is 11.2. The molecule has 0 aliphatic heterocycles. The maximum Gasteiger partial charge on any atom is 0.118 e. The smallest absolute Gasteiger partial charge is 0.118 e. The number of hydrogen-bond donors (Lipinski definition) is 1. The van der Waals surface area contributed by atoms with Gasteiger partial charge in [0, 0.05) is 29.2 Å². The Balaban J connectivity index is 1.34. The highest BCUT2D eigenvalue weighted by atomic mass is 15.1. The van der Waals surface area contributed by atoms with E-state index in [2.05, 4.69) is 72.1 Å². The van der Waals surface area contributed by atoms with Gasteiger partial charge in [-0.05, 0) is 78.5 Å². The molecule has 0 radical (unpaired) electrons. The first kappa shape index (κ1) is 25.1. The van der Waals surface area contributed by atoms with Crippen LogP contribution in [0.4, 0.5) is 0 Å². The van der Waals surface area contributed by atoms with E-state index in [9.17, 15) is 0 Å². The van der Waals surface area contributed by atoms with Crippen LogP contribution in [0.2, 0.25) is 0 Å². The van der Waals surface area contributed by atoms with Crippen molar-refractivity contribution in [2.75, 3.05) is 0 Å². The fourth-order valence-corrected chi connectivity index (χ4v) is 5.77. The number of hydrogen-bond acceptors (Lipinski definition) is 3. The Morgan fingerprint density at radius 3 is 2.62 bits per heavy atom. The Morgan fingerprint density at radius 2 is 1.86 bits per heavy atom. The predicted octanol–water partition coefficient (Wildman–Crippen LogP) is 8.55. The number of nitrogens with zero attached hydrogens (tertiary/aromatic N) is 3. The first-order valence-corrected chi connectivity index (χ1v) is 13.7. The Bertz CT molecular complexity index is 1340. The van der Waals surface area contributed by atoms with Crippen LogP contribution in [0.3, 0.4) is 0 Å². The fourth-order valence-electron chi connectivity index (χ4n) is 5.77. The van der Waals surface area contributed by atoms with Gasteiger partial charge in [-0.15, -0.1) is 0 Å². The number of H-pyrrole nitrogens is 1. The summed E-state index contributed by atoms with van der Waals surface area (Å²) in [6.07, 6.45) is 22.3. The van der Waals surface area contributed by atoms with Crippen molar-refractivity contribution in [1.82, 2.24) is 20.2 Å². The zero-order chi connectivity index (χ0) is 25.8. The van der Waals surface area contributed by atoms with Crippen LogP contribution < -0.4 is 0 Å². The van der Waals surface area contributed by atoms with Crippen LogP contribution in [0.15, 0.2) is 61.5 Å². The van der Waals surface area contributed by atoms with E-state index < -0.39 is 0 Å². The lowest BCUT2D eigenvalue weighted by atomic mass is 9.78. The van der Waals surface area contributed by atoms with E-state index in [1.54, 1.807) is 0 Å². The van der Waals surface area contributed by atoms with Gasteiger partial charge in [0.05, 0.1) is 11.4 Å². The fraction of sp³-hybridized carbons (Fsp3) is 0.364. The van der Waals surface area contributed by atoms with Crippen molar-refractivity contribution in [2.24, 2.45) is 17.8 Å². The third-order valence-electron chi connectivity index (χ3n) is 8.07. The maximum atomic E-state index is 4.86. The van der Waals surface area contributed by atoms with E-state index in [0.717, 1.165) is 51.3 Å². The Labute approximate surface area is 221 Å². The molecule has 0 bridgehead atoms. The van der Waals surface area contributed by atoms with Crippen molar-refractivity contribution in [3.05, 3.63) is 89.5 Å². The minimum atomic E-state index is 0.558. The van der Waals surface area contributed by atoms with Crippen LogP contribution in [-0.2, 0) is 0 Å². The van der Waals surface area contributed by atoms with Gasteiger partial charge in [0.15, 0.2) is 0 Å². The third kappa shape index (κ3) is 5.74. The summed E-state index contributed by atoms with van der Waals surface area (Å²) < 4.78 is 0. The van der Waals surface area contributed by atoms with Crippen LogP contribution in [0.1, 0.15) is 80.5 Å².